The average molecular weight is 439 g/mol. The molecule has 0 radical (unpaired) electrons. The van der Waals surface area contributed by atoms with Gasteiger partial charge in [-0.05, 0) is 60.3 Å². The predicted molar refractivity (Wildman–Crippen MR) is 88.8 cm³/mol. The SMILES string of the molecule is CC(=O)CC1CCCN1S(=O)(=O)c1cc(Br)c(C)cc1Br. The van der Waals surface area contributed by atoms with Crippen LogP contribution in [0, 0.1) is 6.92 Å². The van der Waals surface area contributed by atoms with Gasteiger partial charge in [0.1, 0.15) is 5.78 Å². The van der Waals surface area contributed by atoms with Gasteiger partial charge in [0.05, 0.1) is 4.90 Å². The molecule has 1 heterocycles. The van der Waals surface area contributed by atoms with Gasteiger partial charge in [-0.15, -0.1) is 0 Å². The number of ketones is 1. The summed E-state index contributed by atoms with van der Waals surface area (Å²) in [5, 5.41) is 0. The molecule has 0 N–H and O–H groups in total. The molecule has 1 unspecified atom stereocenters. The van der Waals surface area contributed by atoms with Crippen molar-refractivity contribution in [2.45, 2.75) is 44.0 Å². The van der Waals surface area contributed by atoms with Crippen LogP contribution in [-0.4, -0.2) is 31.1 Å². The maximum Gasteiger partial charge on any atom is 0.244 e. The number of halogens is 2. The Balaban J connectivity index is 2.42. The predicted octanol–water partition coefficient (Wildman–Crippen LogP) is 3.65. The Kier molecular flexibility index (Phi) is 5.28. The standard InChI is InChI=1S/C14H17Br2NO3S/c1-9-6-13(16)14(8-12(9)15)21(19,20)17-5-3-4-11(17)7-10(2)18/h6,8,11H,3-5,7H2,1-2H3. The molecule has 0 spiro atoms. The van der Waals surface area contributed by atoms with Gasteiger partial charge in [-0.2, -0.15) is 4.31 Å². The number of hydrogen-bond donors (Lipinski definition) is 0. The lowest BCUT2D eigenvalue weighted by Gasteiger charge is -2.24. The molecule has 1 saturated heterocycles. The smallest absolute Gasteiger partial charge is 0.244 e. The number of aryl methyl sites for hydroxylation is 1. The fraction of sp³-hybridized carbons (Fsp3) is 0.500. The van der Waals surface area contributed by atoms with Crippen molar-refractivity contribution >= 4 is 47.7 Å². The molecule has 21 heavy (non-hydrogen) atoms. The number of benzene rings is 1. The van der Waals surface area contributed by atoms with Crippen molar-refractivity contribution in [2.24, 2.45) is 0 Å². The molecule has 1 aliphatic heterocycles. The fourth-order valence-corrected chi connectivity index (χ4v) is 5.95. The molecule has 1 aromatic carbocycles. The summed E-state index contributed by atoms with van der Waals surface area (Å²) in [4.78, 5) is 11.6. The fourth-order valence-electron chi connectivity index (χ4n) is 2.61. The van der Waals surface area contributed by atoms with E-state index in [9.17, 15) is 13.2 Å². The van der Waals surface area contributed by atoms with Crippen LogP contribution in [0.15, 0.2) is 26.0 Å². The molecule has 1 aromatic rings. The summed E-state index contributed by atoms with van der Waals surface area (Å²) in [5.41, 5.74) is 0.961. The van der Waals surface area contributed by atoms with Gasteiger partial charge in [0.2, 0.25) is 10.0 Å². The highest BCUT2D eigenvalue weighted by atomic mass is 79.9. The van der Waals surface area contributed by atoms with Crippen LogP contribution < -0.4 is 0 Å². The number of carbonyl (C=O) groups is 1. The molecule has 0 amide bonds. The van der Waals surface area contributed by atoms with Crippen molar-refractivity contribution in [3.63, 3.8) is 0 Å². The molecule has 4 nitrogen and oxygen atoms in total. The van der Waals surface area contributed by atoms with Crippen molar-refractivity contribution < 1.29 is 13.2 Å². The molecule has 2 rings (SSSR count). The van der Waals surface area contributed by atoms with E-state index in [2.05, 4.69) is 31.9 Å². The number of carbonyl (C=O) groups excluding carboxylic acids is 1. The first-order valence-corrected chi connectivity index (χ1v) is 9.73. The minimum Gasteiger partial charge on any atom is -0.300 e. The zero-order valence-electron chi connectivity index (χ0n) is 11.9. The maximum absolute atomic E-state index is 12.9. The van der Waals surface area contributed by atoms with Crippen molar-refractivity contribution in [1.82, 2.24) is 4.31 Å². The molecule has 116 valence electrons. The Hall–Kier alpha value is -0.240. The van der Waals surface area contributed by atoms with Crippen molar-refractivity contribution in [3.8, 4) is 0 Å². The monoisotopic (exact) mass is 437 g/mol. The van der Waals surface area contributed by atoms with Crippen LogP contribution in [0.4, 0.5) is 0 Å². The summed E-state index contributed by atoms with van der Waals surface area (Å²) in [6, 6.07) is 3.18. The largest absolute Gasteiger partial charge is 0.300 e. The first-order valence-electron chi connectivity index (χ1n) is 6.70. The molecule has 7 heteroatoms. The Labute approximate surface area is 142 Å². The summed E-state index contributed by atoms with van der Waals surface area (Å²) < 4.78 is 28.5. The van der Waals surface area contributed by atoms with Gasteiger partial charge in [-0.25, -0.2) is 8.42 Å². The Morgan fingerprint density at radius 3 is 2.62 bits per heavy atom. The van der Waals surface area contributed by atoms with E-state index in [-0.39, 0.29) is 23.1 Å². The third-order valence-electron chi connectivity index (χ3n) is 3.65. The number of nitrogens with zero attached hydrogens (tertiary/aromatic N) is 1. The van der Waals surface area contributed by atoms with Crippen LogP contribution in [0.3, 0.4) is 0 Å². The number of rotatable bonds is 4. The maximum atomic E-state index is 12.9. The highest BCUT2D eigenvalue weighted by Crippen LogP contribution is 2.34. The van der Waals surface area contributed by atoms with Crippen LogP contribution in [0.5, 0.6) is 0 Å². The molecule has 1 aliphatic rings. The Morgan fingerprint density at radius 1 is 1.33 bits per heavy atom. The quantitative estimate of drug-likeness (QED) is 0.720. The molecular formula is C14H17Br2NO3S. The molecule has 0 saturated carbocycles. The van der Waals surface area contributed by atoms with Crippen LogP contribution in [0.2, 0.25) is 0 Å². The van der Waals surface area contributed by atoms with Crippen molar-refractivity contribution in [3.05, 3.63) is 26.6 Å². The summed E-state index contributed by atoms with van der Waals surface area (Å²) >= 11 is 6.72. The number of sulfonamides is 1. The lowest BCUT2D eigenvalue weighted by atomic mass is 10.1. The minimum absolute atomic E-state index is 0.0197. The summed E-state index contributed by atoms with van der Waals surface area (Å²) in [6.45, 7) is 3.87. The highest BCUT2D eigenvalue weighted by molar-refractivity contribution is 9.11. The van der Waals surface area contributed by atoms with Gasteiger partial charge in [0.25, 0.3) is 0 Å². The summed E-state index contributed by atoms with van der Waals surface area (Å²) in [5.74, 6) is 0.0197. The molecule has 1 atom stereocenters. The van der Waals surface area contributed by atoms with E-state index >= 15 is 0 Å². The third kappa shape index (κ3) is 3.57. The van der Waals surface area contributed by atoms with Gasteiger partial charge < -0.3 is 0 Å². The van der Waals surface area contributed by atoms with E-state index < -0.39 is 10.0 Å². The van der Waals surface area contributed by atoms with Crippen LogP contribution in [0.1, 0.15) is 31.7 Å². The molecule has 0 bridgehead atoms. The van der Waals surface area contributed by atoms with E-state index in [1.54, 1.807) is 12.1 Å². The minimum atomic E-state index is -3.60. The van der Waals surface area contributed by atoms with Crippen LogP contribution in [0.25, 0.3) is 0 Å². The third-order valence-corrected chi connectivity index (χ3v) is 7.41. The second kappa shape index (κ2) is 6.48. The summed E-state index contributed by atoms with van der Waals surface area (Å²) in [6.07, 6.45) is 1.81. The topological polar surface area (TPSA) is 54.5 Å². The lowest BCUT2D eigenvalue weighted by molar-refractivity contribution is -0.117. The first-order chi connectivity index (χ1) is 9.73. The Bertz CT molecular complexity index is 673. The van der Waals surface area contributed by atoms with E-state index in [1.165, 1.54) is 11.2 Å². The van der Waals surface area contributed by atoms with Gasteiger partial charge >= 0.3 is 0 Å². The zero-order valence-corrected chi connectivity index (χ0v) is 15.9. The number of hydrogen-bond acceptors (Lipinski definition) is 3. The van der Waals surface area contributed by atoms with Crippen molar-refractivity contribution in [2.75, 3.05) is 6.54 Å². The first kappa shape index (κ1) is 17.1. The lowest BCUT2D eigenvalue weighted by Crippen LogP contribution is -2.36. The van der Waals surface area contributed by atoms with E-state index in [4.69, 9.17) is 0 Å². The van der Waals surface area contributed by atoms with Gasteiger partial charge in [0.15, 0.2) is 0 Å². The highest BCUT2D eigenvalue weighted by Gasteiger charge is 2.36. The zero-order chi connectivity index (χ0) is 15.8. The second-order valence-corrected chi connectivity index (χ2v) is 8.92. The summed E-state index contributed by atoms with van der Waals surface area (Å²) in [7, 11) is -3.60. The second-order valence-electron chi connectivity index (χ2n) is 5.35. The molecule has 0 aliphatic carbocycles. The van der Waals surface area contributed by atoms with E-state index in [1.807, 2.05) is 6.92 Å². The van der Waals surface area contributed by atoms with Gasteiger partial charge in [-0.3, -0.25) is 4.79 Å². The number of Topliss-reactive ketones (excluding diaryl/α,β-unsaturated/α-hetero) is 1. The van der Waals surface area contributed by atoms with Crippen LogP contribution >= 0.6 is 31.9 Å². The molecular weight excluding hydrogens is 422 g/mol. The van der Waals surface area contributed by atoms with Crippen molar-refractivity contribution in [1.29, 1.82) is 0 Å². The van der Waals surface area contributed by atoms with E-state index in [0.717, 1.165) is 22.9 Å². The van der Waals surface area contributed by atoms with E-state index in [0.29, 0.717) is 11.0 Å². The average Bonchev–Trinajstić information content (AvgIpc) is 2.81. The van der Waals surface area contributed by atoms with Crippen LogP contribution in [-0.2, 0) is 14.8 Å². The molecule has 0 aromatic heterocycles. The normalized spacial score (nSPS) is 19.9. The molecule has 1 fully saturated rings. The van der Waals surface area contributed by atoms with Gasteiger partial charge in [-0.1, -0.05) is 15.9 Å². The van der Waals surface area contributed by atoms with Gasteiger partial charge in [0, 0.05) is 28.0 Å². The Morgan fingerprint density at radius 2 is 2.00 bits per heavy atom.